The van der Waals surface area contributed by atoms with Crippen LogP contribution in [0.25, 0.3) is 0 Å². The normalized spacial score (nSPS) is 10.5. The molecule has 1 heterocycles. The monoisotopic (exact) mass is 301 g/mol. The molecule has 17 heavy (non-hydrogen) atoms. The van der Waals surface area contributed by atoms with Crippen LogP contribution >= 0.6 is 15.9 Å². The Labute approximate surface area is 111 Å². The molecule has 0 fully saturated rings. The largest absolute Gasteiger partial charge is 0.352 e. The summed E-state index contributed by atoms with van der Waals surface area (Å²) in [5.74, 6) is 0.122. The van der Waals surface area contributed by atoms with Gasteiger partial charge in [0.1, 0.15) is 0 Å². The quantitative estimate of drug-likeness (QED) is 0.620. The Morgan fingerprint density at radius 1 is 1.53 bits per heavy atom. The second-order valence-electron chi connectivity index (χ2n) is 4.05. The fourth-order valence-electron chi connectivity index (χ4n) is 1.69. The minimum Gasteiger partial charge on any atom is -0.352 e. The highest BCUT2D eigenvalue weighted by atomic mass is 79.9. The Morgan fingerprint density at radius 3 is 2.94 bits per heavy atom. The van der Waals surface area contributed by atoms with Gasteiger partial charge < -0.3 is 5.32 Å². The van der Waals surface area contributed by atoms with E-state index < -0.39 is 0 Å². The Kier molecular flexibility index (Phi) is 6.26. The first-order valence-corrected chi connectivity index (χ1v) is 7.13. The maximum atomic E-state index is 11.5. The van der Waals surface area contributed by atoms with Gasteiger partial charge in [0.05, 0.1) is 5.69 Å². The predicted octanol–water partition coefficient (Wildman–Crippen LogP) is 2.16. The topological polar surface area (TPSA) is 46.9 Å². The van der Waals surface area contributed by atoms with Gasteiger partial charge in [-0.25, -0.2) is 0 Å². The van der Waals surface area contributed by atoms with Gasteiger partial charge in [-0.2, -0.15) is 5.10 Å². The van der Waals surface area contributed by atoms with Crippen molar-refractivity contribution in [1.82, 2.24) is 15.1 Å². The first-order chi connectivity index (χ1) is 8.17. The predicted molar refractivity (Wildman–Crippen MR) is 72.1 cm³/mol. The number of unbranched alkanes of at least 4 members (excludes halogenated alkanes) is 1. The van der Waals surface area contributed by atoms with Crippen molar-refractivity contribution in [2.75, 3.05) is 5.33 Å². The molecule has 1 amide bonds. The summed E-state index contributed by atoms with van der Waals surface area (Å²) in [4.78, 5) is 11.5. The van der Waals surface area contributed by atoms with Gasteiger partial charge in [0.15, 0.2) is 0 Å². The van der Waals surface area contributed by atoms with Crippen molar-refractivity contribution in [3.8, 4) is 0 Å². The van der Waals surface area contributed by atoms with E-state index in [0.717, 1.165) is 35.8 Å². The first-order valence-electron chi connectivity index (χ1n) is 6.01. The number of nitrogens with one attached hydrogen (secondary N) is 1. The number of carbonyl (C=O) groups is 1. The third-order valence-corrected chi connectivity index (χ3v) is 3.15. The fourth-order valence-corrected chi connectivity index (χ4v) is 2.09. The van der Waals surface area contributed by atoms with Crippen LogP contribution in [0.1, 0.15) is 37.4 Å². The van der Waals surface area contributed by atoms with E-state index in [1.807, 2.05) is 13.2 Å². The highest BCUT2D eigenvalue weighted by Gasteiger charge is 2.07. The molecule has 0 aliphatic heterocycles. The number of hydrogen-bond donors (Lipinski definition) is 1. The average Bonchev–Trinajstić information content (AvgIpc) is 2.67. The number of hydrogen-bond acceptors (Lipinski definition) is 2. The highest BCUT2D eigenvalue weighted by molar-refractivity contribution is 9.09. The van der Waals surface area contributed by atoms with Crippen LogP contribution in [-0.2, 0) is 24.8 Å². The van der Waals surface area contributed by atoms with Crippen molar-refractivity contribution in [3.05, 3.63) is 17.5 Å². The second-order valence-corrected chi connectivity index (χ2v) is 4.84. The maximum absolute atomic E-state index is 11.5. The third kappa shape index (κ3) is 4.89. The van der Waals surface area contributed by atoms with Gasteiger partial charge in [0.25, 0.3) is 0 Å². The Balaban J connectivity index is 2.36. The van der Waals surface area contributed by atoms with Crippen LogP contribution in [0.2, 0.25) is 0 Å². The van der Waals surface area contributed by atoms with E-state index in [4.69, 9.17) is 0 Å². The number of aromatic nitrogens is 2. The number of carbonyl (C=O) groups excluding carboxylic acids is 1. The van der Waals surface area contributed by atoms with Gasteiger partial charge in [-0.15, -0.1) is 0 Å². The van der Waals surface area contributed by atoms with Crippen LogP contribution in [0.4, 0.5) is 0 Å². The van der Waals surface area contributed by atoms with E-state index in [2.05, 4.69) is 33.3 Å². The van der Waals surface area contributed by atoms with E-state index in [-0.39, 0.29) is 5.91 Å². The summed E-state index contributed by atoms with van der Waals surface area (Å²) < 4.78 is 1.80. The van der Waals surface area contributed by atoms with Crippen LogP contribution in [0.3, 0.4) is 0 Å². The highest BCUT2D eigenvalue weighted by Crippen LogP contribution is 2.07. The maximum Gasteiger partial charge on any atom is 0.220 e. The Morgan fingerprint density at radius 2 is 2.29 bits per heavy atom. The lowest BCUT2D eigenvalue weighted by atomic mass is 10.2. The summed E-state index contributed by atoms with van der Waals surface area (Å²) in [7, 11) is 1.90. The Bertz CT molecular complexity index is 363. The van der Waals surface area contributed by atoms with Gasteiger partial charge in [-0.05, 0) is 19.3 Å². The molecule has 5 heteroatoms. The van der Waals surface area contributed by atoms with Crippen molar-refractivity contribution in [2.24, 2.45) is 7.05 Å². The summed E-state index contributed by atoms with van der Waals surface area (Å²) in [6.07, 6.45) is 5.45. The van der Waals surface area contributed by atoms with Crippen molar-refractivity contribution < 1.29 is 4.79 Å². The molecule has 96 valence electrons. The molecular weight excluding hydrogens is 282 g/mol. The molecule has 0 unspecified atom stereocenters. The van der Waals surface area contributed by atoms with Gasteiger partial charge >= 0.3 is 0 Å². The SMILES string of the molecule is CCc1nn(C)cc1CNC(=O)CCCCBr. The van der Waals surface area contributed by atoms with Crippen LogP contribution in [0.15, 0.2) is 6.20 Å². The molecular formula is C12H20BrN3O. The molecule has 4 nitrogen and oxygen atoms in total. The van der Waals surface area contributed by atoms with E-state index in [0.29, 0.717) is 13.0 Å². The van der Waals surface area contributed by atoms with Crippen molar-refractivity contribution in [3.63, 3.8) is 0 Å². The molecule has 1 aromatic rings. The molecule has 0 saturated carbocycles. The van der Waals surface area contributed by atoms with Gasteiger partial charge in [-0.1, -0.05) is 22.9 Å². The number of amides is 1. The summed E-state index contributed by atoms with van der Waals surface area (Å²) in [6.45, 7) is 2.66. The lowest BCUT2D eigenvalue weighted by Crippen LogP contribution is -2.22. The first kappa shape index (κ1) is 14.2. The smallest absolute Gasteiger partial charge is 0.220 e. The molecule has 1 N–H and O–H groups in total. The molecule has 0 bridgehead atoms. The summed E-state index contributed by atoms with van der Waals surface area (Å²) in [6, 6.07) is 0. The number of aryl methyl sites for hydroxylation is 2. The summed E-state index contributed by atoms with van der Waals surface area (Å²) in [5, 5.41) is 8.24. The van der Waals surface area contributed by atoms with Gasteiger partial charge in [0.2, 0.25) is 5.91 Å². The Hall–Kier alpha value is -0.840. The molecule has 0 radical (unpaired) electrons. The summed E-state index contributed by atoms with van der Waals surface area (Å²) in [5.41, 5.74) is 2.18. The molecule has 0 aliphatic rings. The minimum atomic E-state index is 0.122. The van der Waals surface area contributed by atoms with Gasteiger partial charge in [-0.3, -0.25) is 9.48 Å². The standard InChI is InChI=1S/C12H20BrN3O/c1-3-11-10(9-16(2)15-11)8-14-12(17)6-4-5-7-13/h9H,3-8H2,1-2H3,(H,14,17). The van der Waals surface area contributed by atoms with Crippen molar-refractivity contribution >= 4 is 21.8 Å². The minimum absolute atomic E-state index is 0.122. The van der Waals surface area contributed by atoms with Crippen LogP contribution < -0.4 is 5.32 Å². The number of rotatable bonds is 7. The molecule has 1 aromatic heterocycles. The van der Waals surface area contributed by atoms with E-state index in [1.165, 1.54) is 0 Å². The van der Waals surface area contributed by atoms with E-state index in [1.54, 1.807) is 4.68 Å². The van der Waals surface area contributed by atoms with Crippen molar-refractivity contribution in [2.45, 2.75) is 39.2 Å². The zero-order valence-electron chi connectivity index (χ0n) is 10.5. The molecule has 0 saturated heterocycles. The van der Waals surface area contributed by atoms with E-state index >= 15 is 0 Å². The van der Waals surface area contributed by atoms with Crippen LogP contribution in [0, 0.1) is 0 Å². The van der Waals surface area contributed by atoms with Crippen LogP contribution in [-0.4, -0.2) is 21.0 Å². The fraction of sp³-hybridized carbons (Fsp3) is 0.667. The van der Waals surface area contributed by atoms with E-state index in [9.17, 15) is 4.79 Å². The summed E-state index contributed by atoms with van der Waals surface area (Å²) >= 11 is 3.35. The zero-order valence-corrected chi connectivity index (χ0v) is 12.1. The lowest BCUT2D eigenvalue weighted by Gasteiger charge is -2.04. The van der Waals surface area contributed by atoms with Crippen LogP contribution in [0.5, 0.6) is 0 Å². The molecule has 0 spiro atoms. The molecule has 0 atom stereocenters. The second kappa shape index (κ2) is 7.48. The number of nitrogens with zero attached hydrogens (tertiary/aromatic N) is 2. The zero-order chi connectivity index (χ0) is 12.7. The average molecular weight is 302 g/mol. The molecule has 1 rings (SSSR count). The molecule has 0 aromatic carbocycles. The third-order valence-electron chi connectivity index (χ3n) is 2.59. The number of alkyl halides is 1. The van der Waals surface area contributed by atoms with Crippen molar-refractivity contribution in [1.29, 1.82) is 0 Å². The van der Waals surface area contributed by atoms with Gasteiger partial charge in [0, 0.05) is 37.1 Å². The lowest BCUT2D eigenvalue weighted by molar-refractivity contribution is -0.121. The number of halogens is 1. The molecule has 0 aliphatic carbocycles.